The van der Waals surface area contributed by atoms with Crippen molar-refractivity contribution < 1.29 is 4.74 Å². The quantitative estimate of drug-likeness (QED) is 0.754. The van der Waals surface area contributed by atoms with Gasteiger partial charge in [-0.2, -0.15) is 0 Å². The van der Waals surface area contributed by atoms with Crippen molar-refractivity contribution in [3.63, 3.8) is 0 Å². The van der Waals surface area contributed by atoms with Crippen molar-refractivity contribution >= 4 is 27.3 Å². The summed E-state index contributed by atoms with van der Waals surface area (Å²) in [4.78, 5) is 1.33. The lowest BCUT2D eigenvalue weighted by atomic mass is 9.99. The van der Waals surface area contributed by atoms with Crippen LogP contribution < -0.4 is 10.1 Å². The maximum Gasteiger partial charge on any atom is 0.124 e. The summed E-state index contributed by atoms with van der Waals surface area (Å²) in [6.07, 6.45) is 1.12. The Morgan fingerprint density at radius 3 is 2.38 bits per heavy atom. The molecule has 2 rings (SSSR count). The van der Waals surface area contributed by atoms with Crippen molar-refractivity contribution in [2.45, 2.75) is 33.2 Å². The Balaban J connectivity index is 2.41. The minimum Gasteiger partial charge on any atom is -0.496 e. The monoisotopic (exact) mass is 367 g/mol. The predicted octanol–water partition coefficient (Wildman–Crippen LogP) is 5.23. The Morgan fingerprint density at radius 2 is 1.90 bits per heavy atom. The Bertz CT molecular complexity index is 586. The molecule has 0 radical (unpaired) electrons. The number of aryl methyl sites for hydroxylation is 2. The van der Waals surface area contributed by atoms with Gasteiger partial charge in [0.25, 0.3) is 0 Å². The van der Waals surface area contributed by atoms with E-state index in [4.69, 9.17) is 4.74 Å². The number of halogens is 1. The summed E-state index contributed by atoms with van der Waals surface area (Å²) in [5.41, 5.74) is 3.67. The highest BCUT2D eigenvalue weighted by molar-refractivity contribution is 9.11. The van der Waals surface area contributed by atoms with Crippen LogP contribution in [-0.4, -0.2) is 13.7 Å². The second kappa shape index (κ2) is 7.43. The van der Waals surface area contributed by atoms with Crippen molar-refractivity contribution in [3.8, 4) is 5.75 Å². The summed E-state index contributed by atoms with van der Waals surface area (Å²) in [5, 5.41) is 3.66. The Morgan fingerprint density at radius 1 is 1.24 bits per heavy atom. The third-order valence-electron chi connectivity index (χ3n) is 3.50. The van der Waals surface area contributed by atoms with E-state index in [1.165, 1.54) is 25.4 Å². The van der Waals surface area contributed by atoms with Crippen LogP contribution in [0.25, 0.3) is 0 Å². The fourth-order valence-corrected chi connectivity index (χ4v) is 4.15. The average Bonchev–Trinajstić information content (AvgIpc) is 2.85. The number of hydrogen-bond acceptors (Lipinski definition) is 3. The maximum atomic E-state index is 5.48. The van der Waals surface area contributed by atoms with Crippen LogP contribution in [0, 0.1) is 13.8 Å². The topological polar surface area (TPSA) is 21.3 Å². The average molecular weight is 368 g/mol. The van der Waals surface area contributed by atoms with Crippen LogP contribution in [0.1, 0.15) is 41.0 Å². The Kier molecular flexibility index (Phi) is 5.85. The van der Waals surface area contributed by atoms with Gasteiger partial charge in [0, 0.05) is 4.88 Å². The van der Waals surface area contributed by atoms with Gasteiger partial charge in [0.1, 0.15) is 5.75 Å². The molecule has 0 bridgehead atoms. The first-order valence-electron chi connectivity index (χ1n) is 7.20. The number of hydrogen-bond donors (Lipinski definition) is 1. The van der Waals surface area contributed by atoms with Gasteiger partial charge in [0.15, 0.2) is 0 Å². The fraction of sp³-hybridized carbons (Fsp3) is 0.412. The summed E-state index contributed by atoms with van der Waals surface area (Å²) in [6, 6.07) is 9.00. The third kappa shape index (κ3) is 3.87. The zero-order valence-electron chi connectivity index (χ0n) is 13.0. The second-order valence-electron chi connectivity index (χ2n) is 5.22. The van der Waals surface area contributed by atoms with Crippen LogP contribution in [0.3, 0.4) is 0 Å². The maximum absolute atomic E-state index is 5.48. The van der Waals surface area contributed by atoms with E-state index in [1.807, 2.05) is 0 Å². The van der Waals surface area contributed by atoms with Gasteiger partial charge in [0.2, 0.25) is 0 Å². The molecule has 0 amide bonds. The van der Waals surface area contributed by atoms with E-state index in [0.29, 0.717) is 0 Å². The minimum atomic E-state index is 0.240. The number of benzene rings is 1. The van der Waals surface area contributed by atoms with Gasteiger partial charge in [-0.25, -0.2) is 0 Å². The first kappa shape index (κ1) is 16.5. The molecule has 1 aromatic heterocycles. The highest BCUT2D eigenvalue weighted by atomic mass is 79.9. The van der Waals surface area contributed by atoms with E-state index in [1.54, 1.807) is 18.4 Å². The van der Waals surface area contributed by atoms with E-state index in [9.17, 15) is 0 Å². The highest BCUT2D eigenvalue weighted by Gasteiger charge is 2.17. The van der Waals surface area contributed by atoms with Gasteiger partial charge in [-0.1, -0.05) is 19.1 Å². The molecule has 114 valence electrons. The molecule has 1 N–H and O–H groups in total. The van der Waals surface area contributed by atoms with E-state index < -0.39 is 0 Å². The van der Waals surface area contributed by atoms with Crippen molar-refractivity contribution in [1.29, 1.82) is 0 Å². The molecule has 0 aliphatic carbocycles. The number of nitrogens with one attached hydrogen (secondary N) is 1. The SMILES string of the molecule is CCCNC(c1cc(C)c(OC)c(C)c1)c1ccc(Br)s1. The zero-order valence-corrected chi connectivity index (χ0v) is 15.4. The number of thiophene rings is 1. The van der Waals surface area contributed by atoms with Gasteiger partial charge >= 0.3 is 0 Å². The third-order valence-corrected chi connectivity index (χ3v) is 5.19. The molecule has 0 fully saturated rings. The Labute approximate surface area is 139 Å². The standard InChI is InChI=1S/C17H22BrNOS/c1-5-8-19-16(14-6-7-15(18)21-14)13-9-11(2)17(20-4)12(3)10-13/h6-7,9-10,16,19H,5,8H2,1-4H3. The summed E-state index contributed by atoms with van der Waals surface area (Å²) in [5.74, 6) is 0.986. The highest BCUT2D eigenvalue weighted by Crippen LogP contribution is 2.34. The van der Waals surface area contributed by atoms with Gasteiger partial charge in [0.05, 0.1) is 16.9 Å². The van der Waals surface area contributed by atoms with E-state index in [-0.39, 0.29) is 6.04 Å². The van der Waals surface area contributed by atoms with Crippen LogP contribution in [0.15, 0.2) is 28.1 Å². The molecule has 0 aliphatic heterocycles. The molecule has 1 aromatic carbocycles. The molecule has 2 nitrogen and oxygen atoms in total. The van der Waals surface area contributed by atoms with Crippen molar-refractivity contribution in [1.82, 2.24) is 5.32 Å². The molecule has 0 saturated heterocycles. The molecule has 1 unspecified atom stereocenters. The molecular weight excluding hydrogens is 346 g/mol. The minimum absolute atomic E-state index is 0.240. The molecule has 1 atom stereocenters. The molecule has 2 aromatic rings. The first-order chi connectivity index (χ1) is 10.1. The largest absolute Gasteiger partial charge is 0.496 e. The fourth-order valence-electron chi connectivity index (χ4n) is 2.63. The van der Waals surface area contributed by atoms with Crippen LogP contribution in [-0.2, 0) is 0 Å². The van der Waals surface area contributed by atoms with Crippen molar-refractivity contribution in [3.05, 3.63) is 49.6 Å². The van der Waals surface area contributed by atoms with E-state index in [2.05, 4.69) is 66.3 Å². The number of ether oxygens (including phenoxy) is 1. The van der Waals surface area contributed by atoms with Crippen LogP contribution in [0.2, 0.25) is 0 Å². The van der Waals surface area contributed by atoms with Crippen molar-refractivity contribution in [2.75, 3.05) is 13.7 Å². The molecule has 0 aliphatic rings. The Hall–Kier alpha value is -0.840. The zero-order chi connectivity index (χ0) is 15.4. The van der Waals surface area contributed by atoms with Crippen LogP contribution in [0.5, 0.6) is 5.75 Å². The summed E-state index contributed by atoms with van der Waals surface area (Å²) < 4.78 is 6.65. The molecular formula is C17H22BrNOS. The van der Waals surface area contributed by atoms with Gasteiger partial charge in [-0.05, 0) is 71.6 Å². The number of rotatable bonds is 6. The van der Waals surface area contributed by atoms with Gasteiger partial charge < -0.3 is 10.1 Å². The summed E-state index contributed by atoms with van der Waals surface area (Å²) in [7, 11) is 1.73. The van der Waals surface area contributed by atoms with E-state index >= 15 is 0 Å². The molecule has 0 spiro atoms. The van der Waals surface area contributed by atoms with Gasteiger partial charge in [-0.15, -0.1) is 11.3 Å². The first-order valence-corrected chi connectivity index (χ1v) is 8.81. The lowest BCUT2D eigenvalue weighted by Gasteiger charge is -2.20. The summed E-state index contributed by atoms with van der Waals surface area (Å²) in [6.45, 7) is 7.41. The summed E-state index contributed by atoms with van der Waals surface area (Å²) >= 11 is 5.35. The normalized spacial score (nSPS) is 12.4. The molecule has 0 saturated carbocycles. The van der Waals surface area contributed by atoms with Crippen LogP contribution in [0.4, 0.5) is 0 Å². The molecule has 21 heavy (non-hydrogen) atoms. The number of methoxy groups -OCH3 is 1. The van der Waals surface area contributed by atoms with Crippen LogP contribution >= 0.6 is 27.3 Å². The molecule has 1 heterocycles. The molecule has 4 heteroatoms. The van der Waals surface area contributed by atoms with Crippen molar-refractivity contribution in [2.24, 2.45) is 0 Å². The lowest BCUT2D eigenvalue weighted by Crippen LogP contribution is -2.22. The lowest BCUT2D eigenvalue weighted by molar-refractivity contribution is 0.408. The van der Waals surface area contributed by atoms with Gasteiger partial charge in [-0.3, -0.25) is 0 Å². The predicted molar refractivity (Wildman–Crippen MR) is 94.6 cm³/mol. The smallest absolute Gasteiger partial charge is 0.124 e. The second-order valence-corrected chi connectivity index (χ2v) is 7.71. The van der Waals surface area contributed by atoms with E-state index in [0.717, 1.165) is 18.7 Å².